The maximum absolute atomic E-state index is 13.5. The molecular weight excluding hydrogens is 212 g/mol. The molecule has 4 heteroatoms. The van der Waals surface area contributed by atoms with E-state index in [0.29, 0.717) is 18.5 Å². The molecule has 2 rings (SSSR count). The van der Waals surface area contributed by atoms with E-state index in [-0.39, 0.29) is 12.0 Å². The predicted octanol–water partition coefficient (Wildman–Crippen LogP) is 1.48. The maximum Gasteiger partial charge on any atom is 0.126 e. The molecule has 1 aliphatic rings. The standard InChI is InChI=1S/C12H15F2NO/c13-10-1-2-11(14)9(5-10)6-12(8-16)3-4-15-7-12/h1-2,5,15-16H,3-4,6-8H2. The summed E-state index contributed by atoms with van der Waals surface area (Å²) >= 11 is 0. The van der Waals surface area contributed by atoms with Crippen molar-refractivity contribution in [3.63, 3.8) is 0 Å². The van der Waals surface area contributed by atoms with Crippen LogP contribution in [0.5, 0.6) is 0 Å². The Morgan fingerprint density at radius 1 is 1.38 bits per heavy atom. The van der Waals surface area contributed by atoms with Crippen molar-refractivity contribution in [2.45, 2.75) is 12.8 Å². The zero-order valence-corrected chi connectivity index (χ0v) is 8.97. The van der Waals surface area contributed by atoms with Gasteiger partial charge in [0.2, 0.25) is 0 Å². The Labute approximate surface area is 93.3 Å². The highest BCUT2D eigenvalue weighted by Crippen LogP contribution is 2.30. The van der Waals surface area contributed by atoms with Crippen LogP contribution in [0.25, 0.3) is 0 Å². The third-order valence-electron chi connectivity index (χ3n) is 3.24. The second kappa shape index (κ2) is 4.47. The summed E-state index contributed by atoms with van der Waals surface area (Å²) in [6.07, 6.45) is 1.17. The van der Waals surface area contributed by atoms with Gasteiger partial charge in [-0.3, -0.25) is 0 Å². The van der Waals surface area contributed by atoms with Crippen molar-refractivity contribution in [2.24, 2.45) is 5.41 Å². The monoisotopic (exact) mass is 227 g/mol. The van der Waals surface area contributed by atoms with Crippen molar-refractivity contribution in [1.29, 1.82) is 0 Å². The van der Waals surface area contributed by atoms with Crippen LogP contribution in [0.4, 0.5) is 8.78 Å². The molecule has 0 aromatic heterocycles. The zero-order valence-electron chi connectivity index (χ0n) is 8.97. The zero-order chi connectivity index (χ0) is 11.6. The minimum atomic E-state index is -0.435. The van der Waals surface area contributed by atoms with Crippen molar-refractivity contribution in [1.82, 2.24) is 5.32 Å². The van der Waals surface area contributed by atoms with Gasteiger partial charge in [-0.05, 0) is 43.1 Å². The van der Waals surface area contributed by atoms with E-state index < -0.39 is 11.6 Å². The summed E-state index contributed by atoms with van der Waals surface area (Å²) < 4.78 is 26.5. The minimum Gasteiger partial charge on any atom is -0.396 e. The van der Waals surface area contributed by atoms with E-state index >= 15 is 0 Å². The fourth-order valence-corrected chi connectivity index (χ4v) is 2.22. The van der Waals surface area contributed by atoms with Gasteiger partial charge >= 0.3 is 0 Å². The van der Waals surface area contributed by atoms with Crippen LogP contribution < -0.4 is 5.32 Å². The van der Waals surface area contributed by atoms with Gasteiger partial charge in [0, 0.05) is 12.0 Å². The fourth-order valence-electron chi connectivity index (χ4n) is 2.22. The first-order valence-corrected chi connectivity index (χ1v) is 5.41. The molecule has 88 valence electrons. The summed E-state index contributed by atoms with van der Waals surface area (Å²) in [6.45, 7) is 1.47. The molecule has 0 amide bonds. The van der Waals surface area contributed by atoms with E-state index in [2.05, 4.69) is 5.32 Å². The van der Waals surface area contributed by atoms with Gasteiger partial charge < -0.3 is 10.4 Å². The number of benzene rings is 1. The molecule has 16 heavy (non-hydrogen) atoms. The average molecular weight is 227 g/mol. The van der Waals surface area contributed by atoms with Crippen molar-refractivity contribution in [3.8, 4) is 0 Å². The van der Waals surface area contributed by atoms with E-state index in [1.807, 2.05) is 0 Å². The summed E-state index contributed by atoms with van der Waals surface area (Å²) in [5.41, 5.74) is 0.00648. The van der Waals surface area contributed by atoms with Gasteiger partial charge in [0.1, 0.15) is 11.6 Å². The van der Waals surface area contributed by atoms with Gasteiger partial charge in [-0.15, -0.1) is 0 Å². The fraction of sp³-hybridized carbons (Fsp3) is 0.500. The Balaban J connectivity index is 2.21. The largest absolute Gasteiger partial charge is 0.396 e. The molecule has 1 fully saturated rings. The molecule has 2 N–H and O–H groups in total. The molecule has 2 nitrogen and oxygen atoms in total. The van der Waals surface area contributed by atoms with Crippen LogP contribution in [0.15, 0.2) is 18.2 Å². The highest BCUT2D eigenvalue weighted by Gasteiger charge is 2.34. The van der Waals surface area contributed by atoms with Crippen LogP contribution in [0.3, 0.4) is 0 Å². The lowest BCUT2D eigenvalue weighted by Crippen LogP contribution is -2.31. The van der Waals surface area contributed by atoms with Crippen LogP contribution in [-0.4, -0.2) is 24.8 Å². The molecule has 1 unspecified atom stereocenters. The smallest absolute Gasteiger partial charge is 0.126 e. The van der Waals surface area contributed by atoms with E-state index in [1.165, 1.54) is 6.07 Å². The van der Waals surface area contributed by atoms with E-state index in [9.17, 15) is 13.9 Å². The first kappa shape index (κ1) is 11.5. The summed E-state index contributed by atoms with van der Waals surface area (Å²) in [4.78, 5) is 0. The summed E-state index contributed by atoms with van der Waals surface area (Å²) in [5, 5.41) is 12.5. The minimum absolute atomic E-state index is 0.00401. The highest BCUT2D eigenvalue weighted by molar-refractivity contribution is 5.21. The number of aliphatic hydroxyl groups is 1. The number of hydrogen-bond donors (Lipinski definition) is 2. The molecule has 1 atom stereocenters. The molecule has 1 aromatic carbocycles. The molecular formula is C12H15F2NO. The van der Waals surface area contributed by atoms with E-state index in [4.69, 9.17) is 0 Å². The van der Waals surface area contributed by atoms with Crippen molar-refractivity contribution < 1.29 is 13.9 Å². The number of aliphatic hydroxyl groups excluding tert-OH is 1. The maximum atomic E-state index is 13.5. The third-order valence-corrected chi connectivity index (χ3v) is 3.24. The molecule has 0 aliphatic carbocycles. The van der Waals surface area contributed by atoms with Gasteiger partial charge in [-0.25, -0.2) is 8.78 Å². The van der Waals surface area contributed by atoms with Crippen LogP contribution in [0, 0.1) is 17.0 Å². The topological polar surface area (TPSA) is 32.3 Å². The SMILES string of the molecule is OCC1(Cc2cc(F)ccc2F)CCNC1. The van der Waals surface area contributed by atoms with E-state index in [1.54, 1.807) is 0 Å². The van der Waals surface area contributed by atoms with Crippen LogP contribution >= 0.6 is 0 Å². The van der Waals surface area contributed by atoms with Gasteiger partial charge in [0.15, 0.2) is 0 Å². The normalized spacial score (nSPS) is 24.9. The molecule has 0 saturated carbocycles. The highest BCUT2D eigenvalue weighted by atomic mass is 19.1. The lowest BCUT2D eigenvalue weighted by atomic mass is 9.81. The Morgan fingerprint density at radius 3 is 2.81 bits per heavy atom. The molecule has 0 radical (unpaired) electrons. The summed E-state index contributed by atoms with van der Waals surface area (Å²) in [7, 11) is 0. The first-order chi connectivity index (χ1) is 7.65. The Morgan fingerprint density at radius 2 is 2.19 bits per heavy atom. The summed E-state index contributed by atoms with van der Waals surface area (Å²) in [5.74, 6) is -0.837. The third kappa shape index (κ3) is 2.23. The van der Waals surface area contributed by atoms with E-state index in [0.717, 1.165) is 25.1 Å². The molecule has 1 aromatic rings. The van der Waals surface area contributed by atoms with Gasteiger partial charge in [0.05, 0.1) is 6.61 Å². The van der Waals surface area contributed by atoms with Crippen molar-refractivity contribution in [2.75, 3.05) is 19.7 Å². The quantitative estimate of drug-likeness (QED) is 0.819. The second-order valence-corrected chi connectivity index (χ2v) is 4.50. The molecule has 1 saturated heterocycles. The van der Waals surface area contributed by atoms with Crippen LogP contribution in [0.1, 0.15) is 12.0 Å². The molecule has 1 aliphatic heterocycles. The van der Waals surface area contributed by atoms with Gasteiger partial charge in [-0.2, -0.15) is 0 Å². The second-order valence-electron chi connectivity index (χ2n) is 4.50. The average Bonchev–Trinajstić information content (AvgIpc) is 2.73. The number of halogens is 2. The Bertz CT molecular complexity index is 375. The Hall–Kier alpha value is -1.00. The lowest BCUT2D eigenvalue weighted by molar-refractivity contribution is 0.141. The Kier molecular flexibility index (Phi) is 3.21. The van der Waals surface area contributed by atoms with Crippen LogP contribution in [0.2, 0.25) is 0 Å². The van der Waals surface area contributed by atoms with Gasteiger partial charge in [0.25, 0.3) is 0 Å². The molecule has 1 heterocycles. The van der Waals surface area contributed by atoms with Crippen LogP contribution in [-0.2, 0) is 6.42 Å². The predicted molar refractivity (Wildman–Crippen MR) is 57.1 cm³/mol. The lowest BCUT2D eigenvalue weighted by Gasteiger charge is -2.25. The first-order valence-electron chi connectivity index (χ1n) is 5.41. The number of nitrogens with one attached hydrogen (secondary N) is 1. The molecule has 0 bridgehead atoms. The van der Waals surface area contributed by atoms with Gasteiger partial charge in [-0.1, -0.05) is 0 Å². The van der Waals surface area contributed by atoms with Crippen molar-refractivity contribution >= 4 is 0 Å². The molecule has 0 spiro atoms. The van der Waals surface area contributed by atoms with Crippen molar-refractivity contribution in [3.05, 3.63) is 35.4 Å². The number of rotatable bonds is 3. The number of hydrogen-bond acceptors (Lipinski definition) is 2. The summed E-state index contributed by atoms with van der Waals surface area (Å²) in [6, 6.07) is 3.46.